The minimum Gasteiger partial charge on any atom is -0.443 e. The van der Waals surface area contributed by atoms with Gasteiger partial charge in [0.2, 0.25) is 0 Å². The summed E-state index contributed by atoms with van der Waals surface area (Å²) in [6, 6.07) is 4.80. The molecule has 116 valence electrons. The molecule has 2 aliphatic carbocycles. The molecule has 0 radical (unpaired) electrons. The van der Waals surface area contributed by atoms with E-state index >= 15 is 0 Å². The first-order chi connectivity index (χ1) is 10.3. The van der Waals surface area contributed by atoms with Crippen LogP contribution in [-0.4, -0.2) is 17.7 Å². The summed E-state index contributed by atoms with van der Waals surface area (Å²) >= 11 is 0. The predicted molar refractivity (Wildman–Crippen MR) is 82.4 cm³/mol. The summed E-state index contributed by atoms with van der Waals surface area (Å²) in [4.78, 5) is 14.5. The highest BCUT2D eigenvalue weighted by molar-refractivity contribution is 5.92. The van der Waals surface area contributed by atoms with Crippen molar-refractivity contribution in [2.75, 3.05) is 4.90 Å². The summed E-state index contributed by atoms with van der Waals surface area (Å²) in [5, 5.41) is 0. The van der Waals surface area contributed by atoms with Crippen LogP contribution in [0, 0.1) is 17.7 Å². The molecule has 1 aliphatic heterocycles. The quantitative estimate of drug-likeness (QED) is 0.671. The zero-order chi connectivity index (χ0) is 15.6. The van der Waals surface area contributed by atoms with Crippen molar-refractivity contribution in [3.8, 4) is 0 Å². The highest BCUT2D eigenvalue weighted by Gasteiger charge is 2.55. The number of nitrogens with zero attached hydrogens (tertiary/aromatic N) is 1. The van der Waals surface area contributed by atoms with Crippen LogP contribution >= 0.6 is 0 Å². The molecular weight excluding hydrogens is 281 g/mol. The second-order valence-corrected chi connectivity index (χ2v) is 7.52. The van der Waals surface area contributed by atoms with Crippen LogP contribution in [0.5, 0.6) is 0 Å². The number of allylic oxidation sites excluding steroid dienone is 1. The maximum absolute atomic E-state index is 13.7. The van der Waals surface area contributed by atoms with Crippen molar-refractivity contribution in [3.05, 3.63) is 41.7 Å². The molecule has 1 saturated carbocycles. The largest absolute Gasteiger partial charge is 0.443 e. The molecule has 4 heteroatoms. The van der Waals surface area contributed by atoms with Crippen molar-refractivity contribution in [2.45, 2.75) is 44.8 Å². The van der Waals surface area contributed by atoms with E-state index in [1.54, 1.807) is 17.0 Å². The molecule has 1 aromatic rings. The number of carbonyl (C=O) groups is 1. The minimum absolute atomic E-state index is 0.0710. The lowest BCUT2D eigenvalue weighted by Crippen LogP contribution is -2.44. The Kier molecular flexibility index (Phi) is 2.72. The fraction of sp³-hybridized carbons (Fsp3) is 0.500. The van der Waals surface area contributed by atoms with Crippen LogP contribution in [0.1, 0.15) is 38.7 Å². The second-order valence-electron chi connectivity index (χ2n) is 7.52. The molecule has 1 heterocycles. The van der Waals surface area contributed by atoms with E-state index in [1.165, 1.54) is 6.07 Å². The zero-order valence-corrected chi connectivity index (χ0v) is 13.0. The SMILES string of the molecule is CC(C)(C)OC(=O)N1c2ccc(F)cc2C2C3C=CC(C3)C21. The Labute approximate surface area is 129 Å². The number of hydrogen-bond donors (Lipinski definition) is 0. The van der Waals surface area contributed by atoms with Crippen molar-refractivity contribution >= 4 is 11.8 Å². The van der Waals surface area contributed by atoms with Gasteiger partial charge < -0.3 is 4.74 Å². The van der Waals surface area contributed by atoms with Gasteiger partial charge in [-0.05, 0) is 62.8 Å². The standard InChI is InChI=1S/C18H20FNO2/c1-18(2,3)22-17(21)20-14-7-6-12(19)9-13(14)15-10-4-5-11(8-10)16(15)20/h4-7,9-11,15-16H,8H2,1-3H3. The Morgan fingerprint density at radius 1 is 1.27 bits per heavy atom. The highest BCUT2D eigenvalue weighted by Crippen LogP contribution is 2.58. The Bertz CT molecular complexity index is 676. The van der Waals surface area contributed by atoms with Gasteiger partial charge >= 0.3 is 6.09 Å². The maximum Gasteiger partial charge on any atom is 0.415 e. The number of ether oxygens (including phenoxy) is 1. The van der Waals surface area contributed by atoms with Gasteiger partial charge in [0.05, 0.1) is 11.7 Å². The summed E-state index contributed by atoms with van der Waals surface area (Å²) in [5.41, 5.74) is 1.22. The molecule has 3 aliphatic rings. The molecule has 1 amide bonds. The molecule has 1 aromatic carbocycles. The first-order valence-electron chi connectivity index (χ1n) is 7.85. The second kappa shape index (κ2) is 4.34. The molecule has 0 spiro atoms. The van der Waals surface area contributed by atoms with Gasteiger partial charge in [0.25, 0.3) is 0 Å². The lowest BCUT2D eigenvalue weighted by atomic mass is 9.86. The molecule has 0 aromatic heterocycles. The molecule has 3 nitrogen and oxygen atoms in total. The van der Waals surface area contributed by atoms with E-state index < -0.39 is 5.60 Å². The van der Waals surface area contributed by atoms with Gasteiger partial charge in [-0.25, -0.2) is 9.18 Å². The van der Waals surface area contributed by atoms with Crippen LogP contribution < -0.4 is 4.90 Å². The van der Waals surface area contributed by atoms with Gasteiger partial charge in [-0.15, -0.1) is 0 Å². The number of amides is 1. The van der Waals surface area contributed by atoms with Gasteiger partial charge in [-0.2, -0.15) is 0 Å². The van der Waals surface area contributed by atoms with Crippen LogP contribution in [0.2, 0.25) is 0 Å². The number of hydrogen-bond acceptors (Lipinski definition) is 2. The van der Waals surface area contributed by atoms with E-state index in [9.17, 15) is 9.18 Å². The first-order valence-corrected chi connectivity index (χ1v) is 7.85. The van der Waals surface area contributed by atoms with Crippen molar-refractivity contribution in [1.29, 1.82) is 0 Å². The summed E-state index contributed by atoms with van der Waals surface area (Å²) in [7, 11) is 0. The van der Waals surface area contributed by atoms with Crippen LogP contribution in [0.4, 0.5) is 14.9 Å². The smallest absolute Gasteiger partial charge is 0.415 e. The molecule has 1 fully saturated rings. The Morgan fingerprint density at radius 3 is 2.73 bits per heavy atom. The van der Waals surface area contributed by atoms with Gasteiger partial charge in [0, 0.05) is 5.92 Å². The fourth-order valence-corrected chi connectivity index (χ4v) is 4.27. The number of carbonyl (C=O) groups excluding carboxylic acids is 1. The molecule has 4 atom stereocenters. The minimum atomic E-state index is -0.539. The first kappa shape index (κ1) is 13.8. The van der Waals surface area contributed by atoms with E-state index in [4.69, 9.17) is 4.74 Å². The number of benzene rings is 1. The van der Waals surface area contributed by atoms with E-state index in [2.05, 4.69) is 12.2 Å². The van der Waals surface area contributed by atoms with Crippen LogP contribution in [-0.2, 0) is 4.74 Å². The third kappa shape index (κ3) is 1.89. The van der Waals surface area contributed by atoms with Crippen molar-refractivity contribution < 1.29 is 13.9 Å². The predicted octanol–water partition coefficient (Wildman–Crippen LogP) is 4.24. The number of halogens is 1. The molecule has 0 N–H and O–H groups in total. The van der Waals surface area contributed by atoms with Gasteiger partial charge in [-0.1, -0.05) is 12.2 Å². The topological polar surface area (TPSA) is 29.5 Å². The summed E-state index contributed by atoms with van der Waals surface area (Å²) in [5.74, 6) is 0.712. The van der Waals surface area contributed by atoms with E-state index in [0.717, 1.165) is 17.7 Å². The van der Waals surface area contributed by atoms with Crippen LogP contribution in [0.25, 0.3) is 0 Å². The van der Waals surface area contributed by atoms with Crippen LogP contribution in [0.15, 0.2) is 30.4 Å². The molecule has 2 bridgehead atoms. The third-order valence-corrected chi connectivity index (χ3v) is 4.91. The Hall–Kier alpha value is -1.84. The van der Waals surface area contributed by atoms with Crippen molar-refractivity contribution in [1.82, 2.24) is 0 Å². The summed E-state index contributed by atoms with van der Waals surface area (Å²) < 4.78 is 19.3. The lowest BCUT2D eigenvalue weighted by Gasteiger charge is -2.32. The van der Waals surface area contributed by atoms with Crippen molar-refractivity contribution in [2.24, 2.45) is 11.8 Å². The number of fused-ring (bicyclic) bond motifs is 7. The number of anilines is 1. The van der Waals surface area contributed by atoms with Crippen LogP contribution in [0.3, 0.4) is 0 Å². The van der Waals surface area contributed by atoms with E-state index in [1.807, 2.05) is 20.8 Å². The maximum atomic E-state index is 13.7. The average molecular weight is 301 g/mol. The third-order valence-electron chi connectivity index (χ3n) is 4.91. The van der Waals surface area contributed by atoms with Gasteiger partial charge in [0.15, 0.2) is 0 Å². The Morgan fingerprint density at radius 2 is 2.00 bits per heavy atom. The van der Waals surface area contributed by atoms with Gasteiger partial charge in [-0.3, -0.25) is 4.90 Å². The average Bonchev–Trinajstić information content (AvgIpc) is 3.05. The monoisotopic (exact) mass is 301 g/mol. The molecular formula is C18H20FNO2. The molecule has 4 unspecified atom stereocenters. The Balaban J connectivity index is 1.78. The molecule has 22 heavy (non-hydrogen) atoms. The van der Waals surface area contributed by atoms with Crippen molar-refractivity contribution in [3.63, 3.8) is 0 Å². The molecule has 4 rings (SSSR count). The molecule has 0 saturated heterocycles. The zero-order valence-electron chi connectivity index (χ0n) is 13.0. The normalized spacial score (nSPS) is 31.4. The summed E-state index contributed by atoms with van der Waals surface area (Å²) in [6.07, 6.45) is 5.14. The lowest BCUT2D eigenvalue weighted by molar-refractivity contribution is 0.0563. The number of rotatable bonds is 0. The fourth-order valence-electron chi connectivity index (χ4n) is 4.27. The van der Waals surface area contributed by atoms with Gasteiger partial charge in [0.1, 0.15) is 11.4 Å². The highest BCUT2D eigenvalue weighted by atomic mass is 19.1. The van der Waals surface area contributed by atoms with E-state index in [-0.39, 0.29) is 23.9 Å². The van der Waals surface area contributed by atoms with E-state index in [0.29, 0.717) is 11.8 Å². The summed E-state index contributed by atoms with van der Waals surface area (Å²) in [6.45, 7) is 5.60.